The topological polar surface area (TPSA) is 43.1 Å². The van der Waals surface area contributed by atoms with Crippen molar-refractivity contribution < 1.29 is 4.79 Å². The highest BCUT2D eigenvalue weighted by Crippen LogP contribution is 2.32. The van der Waals surface area contributed by atoms with Crippen molar-refractivity contribution in [2.45, 2.75) is 18.4 Å². The van der Waals surface area contributed by atoms with E-state index in [9.17, 15) is 4.79 Å². The van der Waals surface area contributed by atoms with E-state index in [2.05, 4.69) is 0 Å². The number of aryl methyl sites for hydroxylation is 1. The molecular weight excluding hydrogens is 150 g/mol. The predicted molar refractivity (Wildman–Crippen MR) is 46.3 cm³/mol. The first-order valence-electron chi connectivity index (χ1n) is 4.03. The fourth-order valence-electron chi connectivity index (χ4n) is 1.75. The highest BCUT2D eigenvalue weighted by atomic mass is 16.1. The highest BCUT2D eigenvalue weighted by Gasteiger charge is 2.35. The number of nitrogens with two attached hydrogens (primary N) is 1. The van der Waals surface area contributed by atoms with Gasteiger partial charge in [-0.1, -0.05) is 24.3 Å². The fourth-order valence-corrected chi connectivity index (χ4v) is 1.75. The molecule has 1 aromatic carbocycles. The van der Waals surface area contributed by atoms with Crippen molar-refractivity contribution in [3.8, 4) is 0 Å². The first-order chi connectivity index (χ1) is 5.76. The van der Waals surface area contributed by atoms with Gasteiger partial charge in [0.15, 0.2) is 0 Å². The molecule has 2 nitrogen and oxygen atoms in total. The fraction of sp³-hybridized carbons (Fsp3) is 0.300. The van der Waals surface area contributed by atoms with E-state index in [1.165, 1.54) is 5.56 Å². The number of hydrogen-bond acceptors (Lipinski definition) is 2. The quantitative estimate of drug-likeness (QED) is 0.663. The molecule has 1 atom stereocenters. The van der Waals surface area contributed by atoms with Gasteiger partial charge in [-0.05, 0) is 24.0 Å². The highest BCUT2D eigenvalue weighted by molar-refractivity contribution is 5.71. The molecule has 0 heterocycles. The third-order valence-corrected chi connectivity index (χ3v) is 2.47. The van der Waals surface area contributed by atoms with E-state index in [1.54, 1.807) is 0 Å². The Morgan fingerprint density at radius 1 is 1.42 bits per heavy atom. The second-order valence-corrected chi connectivity index (χ2v) is 3.23. The Balaban J connectivity index is 2.56. The second kappa shape index (κ2) is 2.42. The van der Waals surface area contributed by atoms with Crippen LogP contribution in [-0.2, 0) is 16.8 Å². The smallest absolute Gasteiger partial charge is 0.225 e. The molecule has 2 rings (SSSR count). The molecule has 0 aliphatic heterocycles. The molecule has 1 unspecified atom stereocenters. The van der Waals surface area contributed by atoms with Gasteiger partial charge in [0, 0.05) is 0 Å². The predicted octanol–water partition coefficient (Wildman–Crippen LogP) is 0.896. The molecule has 0 amide bonds. The molecule has 0 spiro atoms. The van der Waals surface area contributed by atoms with Crippen LogP contribution in [0.3, 0.4) is 0 Å². The lowest BCUT2D eigenvalue weighted by atomic mass is 9.95. The van der Waals surface area contributed by atoms with Gasteiger partial charge in [-0.25, -0.2) is 0 Å². The van der Waals surface area contributed by atoms with Gasteiger partial charge >= 0.3 is 0 Å². The average Bonchev–Trinajstić information content (AvgIpc) is 2.46. The average molecular weight is 160 g/mol. The third-order valence-electron chi connectivity index (χ3n) is 2.47. The summed E-state index contributed by atoms with van der Waals surface area (Å²) >= 11 is 0. The van der Waals surface area contributed by atoms with Crippen LogP contribution in [-0.4, -0.2) is 6.29 Å². The minimum atomic E-state index is -0.837. The maximum absolute atomic E-state index is 10.6. The Kier molecular flexibility index (Phi) is 1.51. The van der Waals surface area contributed by atoms with Crippen molar-refractivity contribution >= 4 is 6.29 Å². The molecule has 2 heteroatoms. The van der Waals surface area contributed by atoms with E-state index < -0.39 is 5.54 Å². The van der Waals surface area contributed by atoms with Crippen molar-refractivity contribution in [1.29, 1.82) is 0 Å². The van der Waals surface area contributed by atoms with Gasteiger partial charge < -0.3 is 5.73 Å². The zero-order valence-electron chi connectivity index (χ0n) is 6.71. The van der Waals surface area contributed by atoms with Gasteiger partial charge in [0.05, 0.1) is 0 Å². The van der Waals surface area contributed by atoms with Crippen LogP contribution in [0.15, 0.2) is 24.3 Å². The second-order valence-electron chi connectivity index (χ2n) is 3.23. The summed E-state index contributed by atoms with van der Waals surface area (Å²) in [6.45, 7) is 0. The molecule has 0 fully saturated rings. The molecule has 12 heavy (non-hydrogen) atoms. The summed E-state index contributed by atoms with van der Waals surface area (Å²) in [5, 5.41) is 0. The normalized spacial score (nSPS) is 26.8. The molecule has 1 aromatic rings. The molecule has 0 bridgehead atoms. The van der Waals surface area contributed by atoms with Gasteiger partial charge in [-0.2, -0.15) is 0 Å². The summed E-state index contributed by atoms with van der Waals surface area (Å²) in [6, 6.07) is 7.80. The standard InChI is InChI=1S/C10H10NO/c11-10(7-12)6-5-8-3-1-2-4-9(8)10/h1-4H,5-6,11H2. The number of rotatable bonds is 1. The van der Waals surface area contributed by atoms with Gasteiger partial charge in [-0.15, -0.1) is 0 Å². The minimum absolute atomic E-state index is 0.690. The molecule has 0 saturated heterocycles. The lowest BCUT2D eigenvalue weighted by Crippen LogP contribution is -2.35. The van der Waals surface area contributed by atoms with Crippen LogP contribution in [0.1, 0.15) is 17.5 Å². The van der Waals surface area contributed by atoms with E-state index in [-0.39, 0.29) is 0 Å². The van der Waals surface area contributed by atoms with Crippen LogP contribution in [0.5, 0.6) is 0 Å². The zero-order valence-corrected chi connectivity index (χ0v) is 6.71. The van der Waals surface area contributed by atoms with Gasteiger partial charge in [0.25, 0.3) is 0 Å². The maximum Gasteiger partial charge on any atom is 0.225 e. The zero-order chi connectivity index (χ0) is 8.60. The van der Waals surface area contributed by atoms with Crippen molar-refractivity contribution in [1.82, 2.24) is 0 Å². The third kappa shape index (κ3) is 0.883. The molecule has 0 saturated carbocycles. The van der Waals surface area contributed by atoms with E-state index in [0.29, 0.717) is 6.42 Å². The lowest BCUT2D eigenvalue weighted by molar-refractivity contribution is 0.489. The van der Waals surface area contributed by atoms with E-state index >= 15 is 0 Å². The molecular formula is C10H10NO. The summed E-state index contributed by atoms with van der Waals surface area (Å²) < 4.78 is 0. The summed E-state index contributed by atoms with van der Waals surface area (Å²) in [7, 11) is 0. The number of fused-ring (bicyclic) bond motifs is 1. The summed E-state index contributed by atoms with van der Waals surface area (Å²) in [5.74, 6) is 0. The Labute approximate surface area is 71.4 Å². The minimum Gasteiger partial charge on any atom is -0.315 e. The maximum atomic E-state index is 10.6. The number of benzene rings is 1. The van der Waals surface area contributed by atoms with Crippen LogP contribution >= 0.6 is 0 Å². The molecule has 0 aromatic heterocycles. The molecule has 1 radical (unpaired) electrons. The van der Waals surface area contributed by atoms with E-state index in [4.69, 9.17) is 5.73 Å². The van der Waals surface area contributed by atoms with Gasteiger partial charge in [0.2, 0.25) is 6.29 Å². The Morgan fingerprint density at radius 2 is 2.17 bits per heavy atom. The SMILES string of the molecule is NC1([C]=O)CCc2ccccc21. The molecule has 2 N–H and O–H groups in total. The Hall–Kier alpha value is -1.15. The number of carbonyl (C=O) groups excluding carboxylic acids is 1. The summed E-state index contributed by atoms with van der Waals surface area (Å²) in [6.07, 6.45) is 3.51. The van der Waals surface area contributed by atoms with E-state index in [0.717, 1.165) is 12.0 Å². The van der Waals surface area contributed by atoms with Crippen LogP contribution in [0.2, 0.25) is 0 Å². The molecule has 61 valence electrons. The van der Waals surface area contributed by atoms with Crippen molar-refractivity contribution in [3.05, 3.63) is 35.4 Å². The summed E-state index contributed by atoms with van der Waals surface area (Å²) in [5.41, 5.74) is 7.14. The van der Waals surface area contributed by atoms with Gasteiger partial charge in [-0.3, -0.25) is 4.79 Å². The van der Waals surface area contributed by atoms with Crippen LogP contribution in [0, 0.1) is 0 Å². The van der Waals surface area contributed by atoms with Crippen LogP contribution < -0.4 is 5.73 Å². The largest absolute Gasteiger partial charge is 0.315 e. The lowest BCUT2D eigenvalue weighted by Gasteiger charge is -2.15. The van der Waals surface area contributed by atoms with Crippen LogP contribution in [0.4, 0.5) is 0 Å². The van der Waals surface area contributed by atoms with Crippen molar-refractivity contribution in [2.24, 2.45) is 5.73 Å². The monoisotopic (exact) mass is 160 g/mol. The van der Waals surface area contributed by atoms with E-state index in [1.807, 2.05) is 30.6 Å². The first kappa shape index (κ1) is 7.50. The van der Waals surface area contributed by atoms with Gasteiger partial charge in [0.1, 0.15) is 5.54 Å². The van der Waals surface area contributed by atoms with Crippen molar-refractivity contribution in [2.75, 3.05) is 0 Å². The Morgan fingerprint density at radius 3 is 2.92 bits per heavy atom. The Bertz CT molecular complexity index is 321. The van der Waals surface area contributed by atoms with Crippen molar-refractivity contribution in [3.63, 3.8) is 0 Å². The first-order valence-corrected chi connectivity index (χ1v) is 4.03. The van der Waals surface area contributed by atoms with Crippen LogP contribution in [0.25, 0.3) is 0 Å². The molecule has 1 aliphatic rings. The number of hydrogen-bond donors (Lipinski definition) is 1. The molecule has 1 aliphatic carbocycles. The summed E-state index contributed by atoms with van der Waals surface area (Å²) in [4.78, 5) is 10.6.